The first kappa shape index (κ1) is 11.1. The maximum absolute atomic E-state index is 5.79. The van der Waals surface area contributed by atoms with Gasteiger partial charge in [0.1, 0.15) is 0 Å². The lowest BCUT2D eigenvalue weighted by Crippen LogP contribution is -2.18. The van der Waals surface area contributed by atoms with E-state index in [-0.39, 0.29) is 0 Å². The standard InChI is InChI=1S/C13H16N4O/c1-9-4-5-10(14)8-11(9)12-15-13(16-18-12)17-6-2-3-7-17/h4-5,8H,2-3,6-7,14H2,1H3. The van der Waals surface area contributed by atoms with Crippen LogP contribution in [0.2, 0.25) is 0 Å². The molecular formula is C13H16N4O. The highest BCUT2D eigenvalue weighted by Gasteiger charge is 2.19. The normalized spacial score (nSPS) is 15.3. The monoisotopic (exact) mass is 244 g/mol. The van der Waals surface area contributed by atoms with Gasteiger partial charge in [0.2, 0.25) is 0 Å². The van der Waals surface area contributed by atoms with Crippen LogP contribution in [0.4, 0.5) is 11.6 Å². The van der Waals surface area contributed by atoms with Crippen molar-refractivity contribution in [1.82, 2.24) is 10.1 Å². The van der Waals surface area contributed by atoms with Crippen molar-refractivity contribution < 1.29 is 4.52 Å². The van der Waals surface area contributed by atoms with Crippen LogP contribution in [0.3, 0.4) is 0 Å². The molecule has 2 aromatic rings. The summed E-state index contributed by atoms with van der Waals surface area (Å²) in [4.78, 5) is 6.60. The molecule has 5 nitrogen and oxygen atoms in total. The Balaban J connectivity index is 1.94. The van der Waals surface area contributed by atoms with Crippen molar-refractivity contribution in [3.8, 4) is 11.5 Å². The average molecular weight is 244 g/mol. The fourth-order valence-corrected chi connectivity index (χ4v) is 2.24. The molecule has 0 aliphatic carbocycles. The zero-order valence-electron chi connectivity index (χ0n) is 10.4. The van der Waals surface area contributed by atoms with Crippen molar-refractivity contribution in [3.63, 3.8) is 0 Å². The van der Waals surface area contributed by atoms with Crippen LogP contribution < -0.4 is 10.6 Å². The van der Waals surface area contributed by atoms with Crippen molar-refractivity contribution in [2.45, 2.75) is 19.8 Å². The highest BCUT2D eigenvalue weighted by molar-refractivity contribution is 5.64. The van der Waals surface area contributed by atoms with Crippen LogP contribution >= 0.6 is 0 Å². The predicted molar refractivity (Wildman–Crippen MR) is 70.3 cm³/mol. The zero-order chi connectivity index (χ0) is 12.5. The minimum atomic E-state index is 0.543. The summed E-state index contributed by atoms with van der Waals surface area (Å²) in [5.41, 5.74) is 8.49. The van der Waals surface area contributed by atoms with E-state index in [0.717, 1.165) is 24.2 Å². The minimum absolute atomic E-state index is 0.543. The third kappa shape index (κ3) is 1.92. The Labute approximate surface area is 106 Å². The number of hydrogen-bond donors (Lipinski definition) is 1. The van der Waals surface area contributed by atoms with Gasteiger partial charge in [0.25, 0.3) is 11.8 Å². The lowest BCUT2D eigenvalue weighted by Gasteiger charge is -2.09. The molecule has 94 valence electrons. The second kappa shape index (κ2) is 4.33. The maximum atomic E-state index is 5.79. The summed E-state index contributed by atoms with van der Waals surface area (Å²) in [6.45, 7) is 4.03. The Bertz CT molecular complexity index is 558. The van der Waals surface area contributed by atoms with Crippen molar-refractivity contribution in [1.29, 1.82) is 0 Å². The molecule has 0 amide bonds. The first-order valence-electron chi connectivity index (χ1n) is 6.19. The van der Waals surface area contributed by atoms with E-state index in [0.29, 0.717) is 17.5 Å². The van der Waals surface area contributed by atoms with Crippen LogP contribution in [0.25, 0.3) is 11.5 Å². The van der Waals surface area contributed by atoms with Gasteiger partial charge in [0.05, 0.1) is 0 Å². The SMILES string of the molecule is Cc1ccc(N)cc1-c1nc(N2CCCC2)no1. The fraction of sp³-hybridized carbons (Fsp3) is 0.385. The molecular weight excluding hydrogens is 228 g/mol. The highest BCUT2D eigenvalue weighted by Crippen LogP contribution is 2.26. The molecule has 1 aromatic heterocycles. The molecule has 3 rings (SSSR count). The smallest absolute Gasteiger partial charge is 0.266 e. The average Bonchev–Trinajstić information content (AvgIpc) is 3.00. The third-order valence-corrected chi connectivity index (χ3v) is 3.30. The van der Waals surface area contributed by atoms with Gasteiger partial charge in [0, 0.05) is 24.3 Å². The second-order valence-electron chi connectivity index (χ2n) is 4.67. The number of aromatic nitrogens is 2. The van der Waals surface area contributed by atoms with E-state index in [1.165, 1.54) is 12.8 Å². The molecule has 2 heterocycles. The van der Waals surface area contributed by atoms with Crippen LogP contribution in [-0.2, 0) is 0 Å². The van der Waals surface area contributed by atoms with E-state index in [9.17, 15) is 0 Å². The lowest BCUT2D eigenvalue weighted by atomic mass is 10.1. The van der Waals surface area contributed by atoms with Gasteiger partial charge in [-0.15, -0.1) is 0 Å². The van der Waals surface area contributed by atoms with Gasteiger partial charge in [-0.2, -0.15) is 4.98 Å². The van der Waals surface area contributed by atoms with Gasteiger partial charge in [-0.05, 0) is 42.6 Å². The lowest BCUT2D eigenvalue weighted by molar-refractivity contribution is 0.430. The van der Waals surface area contributed by atoms with Crippen LogP contribution in [0.1, 0.15) is 18.4 Å². The highest BCUT2D eigenvalue weighted by atomic mass is 16.5. The van der Waals surface area contributed by atoms with Crippen LogP contribution in [0.15, 0.2) is 22.7 Å². The summed E-state index contributed by atoms with van der Waals surface area (Å²) in [7, 11) is 0. The first-order chi connectivity index (χ1) is 8.74. The molecule has 5 heteroatoms. The van der Waals surface area contributed by atoms with Crippen molar-refractivity contribution in [2.24, 2.45) is 0 Å². The van der Waals surface area contributed by atoms with Crippen molar-refractivity contribution in [3.05, 3.63) is 23.8 Å². The van der Waals surface area contributed by atoms with E-state index < -0.39 is 0 Å². The van der Waals surface area contributed by atoms with Gasteiger partial charge in [0.15, 0.2) is 0 Å². The molecule has 0 bridgehead atoms. The fourth-order valence-electron chi connectivity index (χ4n) is 2.24. The molecule has 0 spiro atoms. The molecule has 2 N–H and O–H groups in total. The molecule has 0 saturated carbocycles. The largest absolute Gasteiger partial charge is 0.399 e. The van der Waals surface area contributed by atoms with E-state index in [1.54, 1.807) is 0 Å². The van der Waals surface area contributed by atoms with E-state index in [4.69, 9.17) is 10.3 Å². The summed E-state index contributed by atoms with van der Waals surface area (Å²) < 4.78 is 5.34. The van der Waals surface area contributed by atoms with Gasteiger partial charge < -0.3 is 15.2 Å². The Morgan fingerprint density at radius 2 is 2.06 bits per heavy atom. The van der Waals surface area contributed by atoms with Gasteiger partial charge in [-0.3, -0.25) is 0 Å². The second-order valence-corrected chi connectivity index (χ2v) is 4.67. The predicted octanol–water partition coefficient (Wildman–Crippen LogP) is 2.23. The van der Waals surface area contributed by atoms with Crippen LogP contribution in [0.5, 0.6) is 0 Å². The Morgan fingerprint density at radius 1 is 1.28 bits per heavy atom. The van der Waals surface area contributed by atoms with Crippen molar-refractivity contribution >= 4 is 11.6 Å². The number of hydrogen-bond acceptors (Lipinski definition) is 5. The quantitative estimate of drug-likeness (QED) is 0.820. The van der Waals surface area contributed by atoms with Crippen LogP contribution in [-0.4, -0.2) is 23.2 Å². The number of benzene rings is 1. The summed E-state index contributed by atoms with van der Waals surface area (Å²) in [6.07, 6.45) is 2.39. The molecule has 0 radical (unpaired) electrons. The number of aryl methyl sites for hydroxylation is 1. The topological polar surface area (TPSA) is 68.2 Å². The zero-order valence-corrected chi connectivity index (χ0v) is 10.4. The van der Waals surface area contributed by atoms with Gasteiger partial charge >= 0.3 is 0 Å². The molecule has 18 heavy (non-hydrogen) atoms. The Morgan fingerprint density at radius 3 is 2.83 bits per heavy atom. The summed E-state index contributed by atoms with van der Waals surface area (Å²) in [6, 6.07) is 5.71. The van der Waals surface area contributed by atoms with Gasteiger partial charge in [-0.25, -0.2) is 0 Å². The first-order valence-corrected chi connectivity index (χ1v) is 6.19. The molecule has 0 unspecified atom stereocenters. The molecule has 1 saturated heterocycles. The number of nitrogens with zero attached hydrogens (tertiary/aromatic N) is 3. The number of nitrogen functional groups attached to an aromatic ring is 1. The maximum Gasteiger partial charge on any atom is 0.266 e. The van der Waals surface area contributed by atoms with E-state index in [2.05, 4.69) is 15.0 Å². The van der Waals surface area contributed by atoms with Crippen molar-refractivity contribution in [2.75, 3.05) is 23.7 Å². The number of nitrogens with two attached hydrogens (primary N) is 1. The number of anilines is 2. The minimum Gasteiger partial charge on any atom is -0.399 e. The molecule has 1 aliphatic rings. The van der Waals surface area contributed by atoms with E-state index in [1.807, 2.05) is 25.1 Å². The summed E-state index contributed by atoms with van der Waals surface area (Å²) >= 11 is 0. The molecule has 0 atom stereocenters. The molecule has 1 aromatic carbocycles. The Hall–Kier alpha value is -2.04. The van der Waals surface area contributed by atoms with Crippen LogP contribution in [0, 0.1) is 6.92 Å². The molecule has 1 aliphatic heterocycles. The molecule has 1 fully saturated rings. The van der Waals surface area contributed by atoms with Gasteiger partial charge in [-0.1, -0.05) is 6.07 Å². The number of rotatable bonds is 2. The Kier molecular flexibility index (Phi) is 2.66. The third-order valence-electron chi connectivity index (χ3n) is 3.30. The van der Waals surface area contributed by atoms with E-state index >= 15 is 0 Å². The summed E-state index contributed by atoms with van der Waals surface area (Å²) in [5.74, 6) is 1.23. The summed E-state index contributed by atoms with van der Waals surface area (Å²) in [5, 5.41) is 4.04.